The number of hydrogen-bond donors (Lipinski definition) is 2. The Morgan fingerprint density at radius 1 is 0.897 bits per heavy atom. The number of hydrogen-bond acceptors (Lipinski definition) is 3. The highest BCUT2D eigenvalue weighted by Crippen LogP contribution is 2.39. The van der Waals surface area contributed by atoms with Gasteiger partial charge in [-0.05, 0) is 91.2 Å². The maximum absolute atomic E-state index is 12.9. The van der Waals surface area contributed by atoms with Crippen LogP contribution in [0.3, 0.4) is 0 Å². The first-order valence-corrected chi connectivity index (χ1v) is 14.2. The minimum absolute atomic E-state index is 0.0746. The van der Waals surface area contributed by atoms with Crippen molar-refractivity contribution < 1.29 is 19.4 Å². The molecule has 1 heterocycles. The Hall–Kier alpha value is -3.80. The molecule has 204 valence electrons. The zero-order chi connectivity index (χ0) is 27.0. The zero-order valence-corrected chi connectivity index (χ0v) is 22.5. The molecule has 2 aliphatic rings. The van der Waals surface area contributed by atoms with Crippen molar-refractivity contribution in [2.75, 3.05) is 24.6 Å². The van der Waals surface area contributed by atoms with Crippen molar-refractivity contribution in [2.45, 2.75) is 57.3 Å². The van der Waals surface area contributed by atoms with E-state index >= 15 is 0 Å². The molecule has 3 aromatic carbocycles. The number of nitrogens with zero attached hydrogens (tertiary/aromatic N) is 1. The van der Waals surface area contributed by atoms with Gasteiger partial charge in [-0.1, -0.05) is 60.7 Å². The van der Waals surface area contributed by atoms with E-state index in [0.717, 1.165) is 67.5 Å². The van der Waals surface area contributed by atoms with E-state index in [0.29, 0.717) is 38.0 Å². The monoisotopic (exact) mass is 526 g/mol. The molecule has 1 fully saturated rings. The number of carboxylic acids is 1. The minimum Gasteiger partial charge on any atom is -0.490 e. The van der Waals surface area contributed by atoms with Crippen LogP contribution in [0.2, 0.25) is 0 Å². The van der Waals surface area contributed by atoms with Gasteiger partial charge in [-0.15, -0.1) is 0 Å². The summed E-state index contributed by atoms with van der Waals surface area (Å²) in [5.41, 5.74) is 5.64. The van der Waals surface area contributed by atoms with Gasteiger partial charge in [-0.3, -0.25) is 9.69 Å². The Kier molecular flexibility index (Phi) is 8.82. The predicted molar refractivity (Wildman–Crippen MR) is 154 cm³/mol. The number of benzene rings is 3. The van der Waals surface area contributed by atoms with Crippen LogP contribution in [-0.4, -0.2) is 36.8 Å². The van der Waals surface area contributed by atoms with Gasteiger partial charge in [0, 0.05) is 13.0 Å². The van der Waals surface area contributed by atoms with Crippen molar-refractivity contribution in [3.05, 3.63) is 83.9 Å². The summed E-state index contributed by atoms with van der Waals surface area (Å²) in [7, 11) is 0. The van der Waals surface area contributed by atoms with Gasteiger partial charge < -0.3 is 15.2 Å². The molecule has 1 aliphatic carbocycles. The average molecular weight is 527 g/mol. The Balaban J connectivity index is 1.15. The number of carboxylic acid groups (broad SMARTS) is 1. The lowest BCUT2D eigenvalue weighted by atomic mass is 9.77. The van der Waals surface area contributed by atoms with Crippen LogP contribution in [-0.2, 0) is 11.2 Å². The molecule has 0 aromatic heterocycles. The number of fused-ring (bicyclic) bond motifs is 1. The van der Waals surface area contributed by atoms with Crippen molar-refractivity contribution in [3.63, 3.8) is 0 Å². The third-order valence-corrected chi connectivity index (χ3v) is 8.10. The van der Waals surface area contributed by atoms with Gasteiger partial charge in [0.15, 0.2) is 0 Å². The molecule has 5 rings (SSSR count). The Labute approximate surface area is 231 Å². The van der Waals surface area contributed by atoms with Crippen molar-refractivity contribution in [2.24, 2.45) is 5.92 Å². The molecule has 0 spiro atoms. The molecule has 0 radical (unpaired) electrons. The molecule has 6 nitrogen and oxygen atoms in total. The highest BCUT2D eigenvalue weighted by Gasteiger charge is 2.25. The third kappa shape index (κ3) is 6.99. The summed E-state index contributed by atoms with van der Waals surface area (Å²) in [6, 6.07) is 25.1. The second-order valence-corrected chi connectivity index (χ2v) is 10.8. The number of carbonyl (C=O) groups excluding carboxylic acids is 1. The normalized spacial score (nSPS) is 18.6. The van der Waals surface area contributed by atoms with E-state index in [2.05, 4.69) is 59.9 Å². The summed E-state index contributed by atoms with van der Waals surface area (Å²) < 4.78 is 5.95. The van der Waals surface area contributed by atoms with Gasteiger partial charge in [0.05, 0.1) is 12.2 Å². The Morgan fingerprint density at radius 2 is 1.64 bits per heavy atom. The largest absolute Gasteiger partial charge is 0.490 e. The standard InChI is InChI=1S/C33H38N2O4/c36-32(37)22-25-9-11-26(12-10-25)27-13-15-28(16-14-27)29-17-18-30-31(23-29)39-21-20-35(30)33(38)34-19-5-4-8-24-6-2-1-3-7-24/h1-3,6-7,13-18,23,25-26H,4-5,8-12,19-22H2,(H,34,38)(H,36,37). The summed E-state index contributed by atoms with van der Waals surface area (Å²) in [6.07, 6.45) is 7.37. The average Bonchev–Trinajstić information content (AvgIpc) is 2.97. The molecule has 2 amide bonds. The number of aryl methyl sites for hydroxylation is 1. The quantitative estimate of drug-likeness (QED) is 0.293. The van der Waals surface area contributed by atoms with E-state index in [-0.39, 0.29) is 6.03 Å². The number of nitrogens with one attached hydrogen (secondary N) is 1. The van der Waals surface area contributed by atoms with Crippen molar-refractivity contribution >= 4 is 17.7 Å². The van der Waals surface area contributed by atoms with Crippen LogP contribution in [0.4, 0.5) is 10.5 Å². The number of anilines is 1. The molecular weight excluding hydrogens is 488 g/mol. The molecule has 0 unspecified atom stereocenters. The second kappa shape index (κ2) is 12.8. The fourth-order valence-electron chi connectivity index (χ4n) is 5.89. The van der Waals surface area contributed by atoms with E-state index < -0.39 is 5.97 Å². The fourth-order valence-corrected chi connectivity index (χ4v) is 5.89. The molecule has 3 aromatic rings. The van der Waals surface area contributed by atoms with Crippen LogP contribution in [0.15, 0.2) is 72.8 Å². The van der Waals surface area contributed by atoms with E-state index in [1.54, 1.807) is 4.90 Å². The lowest BCUT2D eigenvalue weighted by Crippen LogP contribution is -2.44. The third-order valence-electron chi connectivity index (χ3n) is 8.10. The second-order valence-electron chi connectivity index (χ2n) is 10.8. The summed E-state index contributed by atoms with van der Waals surface area (Å²) in [6.45, 7) is 1.66. The lowest BCUT2D eigenvalue weighted by Gasteiger charge is -2.30. The molecule has 0 bridgehead atoms. The van der Waals surface area contributed by atoms with Gasteiger partial charge in [0.2, 0.25) is 0 Å². The van der Waals surface area contributed by atoms with E-state index in [9.17, 15) is 9.59 Å². The predicted octanol–water partition coefficient (Wildman–Crippen LogP) is 7.03. The maximum atomic E-state index is 12.9. The van der Waals surface area contributed by atoms with Crippen LogP contribution >= 0.6 is 0 Å². The summed E-state index contributed by atoms with van der Waals surface area (Å²) >= 11 is 0. The first-order chi connectivity index (χ1) is 19.1. The van der Waals surface area contributed by atoms with Crippen molar-refractivity contribution in [1.82, 2.24) is 5.32 Å². The van der Waals surface area contributed by atoms with Gasteiger partial charge in [-0.25, -0.2) is 4.79 Å². The summed E-state index contributed by atoms with van der Waals surface area (Å²) in [5, 5.41) is 12.1. The molecule has 0 saturated heterocycles. The number of rotatable bonds is 9. The highest BCUT2D eigenvalue weighted by molar-refractivity contribution is 5.94. The van der Waals surface area contributed by atoms with E-state index in [1.807, 2.05) is 18.2 Å². The van der Waals surface area contributed by atoms with Gasteiger partial charge in [-0.2, -0.15) is 0 Å². The molecule has 1 aliphatic heterocycles. The molecule has 1 saturated carbocycles. The number of carbonyl (C=O) groups is 2. The lowest BCUT2D eigenvalue weighted by molar-refractivity contribution is -0.138. The fraction of sp³-hybridized carbons (Fsp3) is 0.394. The Bertz CT molecular complexity index is 1250. The number of aliphatic carboxylic acids is 1. The van der Waals surface area contributed by atoms with Gasteiger partial charge in [0.25, 0.3) is 0 Å². The maximum Gasteiger partial charge on any atom is 0.322 e. The van der Waals surface area contributed by atoms with E-state index in [4.69, 9.17) is 9.84 Å². The minimum atomic E-state index is -0.685. The SMILES string of the molecule is O=C(O)CC1CCC(c2ccc(-c3ccc4c(c3)OCCN4C(=O)NCCCCc3ccccc3)cc2)CC1. The van der Waals surface area contributed by atoms with Crippen LogP contribution in [0, 0.1) is 5.92 Å². The number of urea groups is 1. The van der Waals surface area contributed by atoms with Crippen molar-refractivity contribution in [3.8, 4) is 16.9 Å². The molecule has 6 heteroatoms. The topological polar surface area (TPSA) is 78.9 Å². The Morgan fingerprint density at radius 3 is 2.38 bits per heavy atom. The smallest absolute Gasteiger partial charge is 0.322 e. The summed E-state index contributed by atoms with van der Waals surface area (Å²) in [4.78, 5) is 25.7. The molecule has 39 heavy (non-hydrogen) atoms. The molecule has 2 N–H and O–H groups in total. The van der Waals surface area contributed by atoms with Crippen LogP contribution in [0.25, 0.3) is 11.1 Å². The van der Waals surface area contributed by atoms with Crippen LogP contribution in [0.5, 0.6) is 5.75 Å². The number of amides is 2. The summed E-state index contributed by atoms with van der Waals surface area (Å²) in [5.74, 6) is 0.866. The van der Waals surface area contributed by atoms with Crippen molar-refractivity contribution in [1.29, 1.82) is 0 Å². The first kappa shape index (κ1) is 26.8. The first-order valence-electron chi connectivity index (χ1n) is 14.2. The number of ether oxygens (including phenoxy) is 1. The van der Waals surface area contributed by atoms with Crippen LogP contribution < -0.4 is 15.0 Å². The van der Waals surface area contributed by atoms with Crippen LogP contribution in [0.1, 0.15) is 62.0 Å². The molecular formula is C33H38N2O4. The zero-order valence-electron chi connectivity index (χ0n) is 22.5. The molecule has 0 atom stereocenters. The van der Waals surface area contributed by atoms with E-state index in [1.165, 1.54) is 11.1 Å². The number of unbranched alkanes of at least 4 members (excludes halogenated alkanes) is 1. The highest BCUT2D eigenvalue weighted by atomic mass is 16.5. The van der Waals surface area contributed by atoms with Gasteiger partial charge >= 0.3 is 12.0 Å². The van der Waals surface area contributed by atoms with Gasteiger partial charge in [0.1, 0.15) is 12.4 Å².